The third kappa shape index (κ3) is 6.61. The van der Waals surface area contributed by atoms with Crippen molar-refractivity contribution in [1.82, 2.24) is 0 Å². The first-order chi connectivity index (χ1) is 12.0. The van der Waals surface area contributed by atoms with E-state index in [1.165, 1.54) is 58.4 Å². The van der Waals surface area contributed by atoms with Crippen LogP contribution in [0.5, 0.6) is 11.5 Å². The van der Waals surface area contributed by atoms with E-state index in [4.69, 9.17) is 9.47 Å². The molecule has 142 valence electrons. The average molecular weight is 371 g/mol. The Balaban J connectivity index is 1.98. The lowest BCUT2D eigenvalue weighted by Crippen LogP contribution is -2.24. The van der Waals surface area contributed by atoms with Crippen LogP contribution in [0.3, 0.4) is 0 Å². The Bertz CT molecular complexity index is 514. The summed E-state index contributed by atoms with van der Waals surface area (Å²) in [7, 11) is -0.606. The fourth-order valence-corrected chi connectivity index (χ4v) is 5.98. The number of benzene rings is 1. The van der Waals surface area contributed by atoms with Gasteiger partial charge in [-0.05, 0) is 23.1 Å². The summed E-state index contributed by atoms with van der Waals surface area (Å²) in [5.41, 5.74) is 0. The van der Waals surface area contributed by atoms with Gasteiger partial charge in [0, 0.05) is 13.8 Å². The van der Waals surface area contributed by atoms with Crippen LogP contribution in [0, 0.1) is 11.8 Å². The molecule has 0 saturated heterocycles. The van der Waals surface area contributed by atoms with E-state index in [0.717, 1.165) is 17.0 Å². The zero-order chi connectivity index (χ0) is 18.2. The summed E-state index contributed by atoms with van der Waals surface area (Å²) in [4.78, 5) is 0. The Hall–Kier alpha value is -1.10. The van der Waals surface area contributed by atoms with Crippen molar-refractivity contribution < 1.29 is 18.3 Å². The van der Waals surface area contributed by atoms with Crippen molar-refractivity contribution in [2.24, 2.45) is 11.8 Å². The minimum Gasteiger partial charge on any atom is -0.457 e. The van der Waals surface area contributed by atoms with Gasteiger partial charge >= 0.3 is 0 Å². The standard InChI is InChI=1S/C20H32F2O2Si/c1-4-6-16-9-11-17(12-10-16)13-25-19-8-5-7-18(23-14(2)21)20(19)24-15(3)22/h5,7-8,14-17H,4,6,9-13,25H2,1-3H3. The van der Waals surface area contributed by atoms with Crippen LogP contribution >= 0.6 is 0 Å². The van der Waals surface area contributed by atoms with Crippen molar-refractivity contribution in [3.05, 3.63) is 18.2 Å². The van der Waals surface area contributed by atoms with Gasteiger partial charge in [-0.25, -0.2) is 8.78 Å². The van der Waals surface area contributed by atoms with Crippen molar-refractivity contribution in [2.75, 3.05) is 0 Å². The molecule has 0 radical (unpaired) electrons. The highest BCUT2D eigenvalue weighted by atomic mass is 28.2. The molecule has 1 aliphatic rings. The van der Waals surface area contributed by atoms with Crippen LogP contribution in [0.4, 0.5) is 8.78 Å². The van der Waals surface area contributed by atoms with E-state index in [1.54, 1.807) is 6.07 Å². The molecule has 2 nitrogen and oxygen atoms in total. The maximum absolute atomic E-state index is 13.4. The number of rotatable bonds is 9. The van der Waals surface area contributed by atoms with Crippen LogP contribution in [0.25, 0.3) is 0 Å². The summed E-state index contributed by atoms with van der Waals surface area (Å²) < 4.78 is 37.2. The molecule has 5 heteroatoms. The minimum atomic E-state index is -1.44. The van der Waals surface area contributed by atoms with Crippen LogP contribution in [0.1, 0.15) is 59.3 Å². The molecule has 1 aromatic carbocycles. The summed E-state index contributed by atoms with van der Waals surface area (Å²) >= 11 is 0. The predicted octanol–water partition coefficient (Wildman–Crippen LogP) is 4.89. The predicted molar refractivity (Wildman–Crippen MR) is 102 cm³/mol. The molecule has 2 unspecified atom stereocenters. The normalized spacial score (nSPS) is 23.6. The molecule has 0 amide bonds. The molecule has 2 atom stereocenters. The highest BCUT2D eigenvalue weighted by molar-refractivity contribution is 6.54. The summed E-state index contributed by atoms with van der Waals surface area (Å²) in [5, 5.41) is 1.04. The number of hydrogen-bond donors (Lipinski definition) is 0. The molecule has 2 rings (SSSR count). The molecule has 0 bridgehead atoms. The second-order valence-electron chi connectivity index (χ2n) is 7.28. The van der Waals surface area contributed by atoms with Gasteiger partial charge in [-0.15, -0.1) is 0 Å². The van der Waals surface area contributed by atoms with Gasteiger partial charge in [-0.3, -0.25) is 0 Å². The van der Waals surface area contributed by atoms with E-state index >= 15 is 0 Å². The van der Waals surface area contributed by atoms with Gasteiger partial charge in [0.05, 0.1) is 9.52 Å². The summed E-state index contributed by atoms with van der Waals surface area (Å²) in [6.07, 6.45) is 5.08. The zero-order valence-electron chi connectivity index (χ0n) is 15.8. The zero-order valence-corrected chi connectivity index (χ0v) is 17.2. The Morgan fingerprint density at radius 1 is 1.04 bits per heavy atom. The van der Waals surface area contributed by atoms with Crippen molar-refractivity contribution in [3.63, 3.8) is 0 Å². The molecular weight excluding hydrogens is 338 g/mol. The fraction of sp³-hybridized carbons (Fsp3) is 0.700. The van der Waals surface area contributed by atoms with E-state index in [0.29, 0.717) is 11.5 Å². The van der Waals surface area contributed by atoms with Crippen LogP contribution in [-0.2, 0) is 0 Å². The average Bonchev–Trinajstić information content (AvgIpc) is 2.56. The quantitative estimate of drug-likeness (QED) is 0.576. The SMILES string of the molecule is CCCC1CCC(C[SiH2]c2cccc(OC(C)F)c2OC(C)F)CC1. The van der Waals surface area contributed by atoms with Crippen LogP contribution in [0.2, 0.25) is 6.04 Å². The highest BCUT2D eigenvalue weighted by Gasteiger charge is 2.22. The maximum Gasteiger partial charge on any atom is 0.236 e. The first-order valence-corrected chi connectivity index (χ1v) is 11.4. The van der Waals surface area contributed by atoms with Crippen molar-refractivity contribution in [3.8, 4) is 11.5 Å². The van der Waals surface area contributed by atoms with Gasteiger partial charge in [0.1, 0.15) is 0 Å². The lowest BCUT2D eigenvalue weighted by molar-refractivity contribution is 0.0592. The first-order valence-electron chi connectivity index (χ1n) is 9.72. The van der Waals surface area contributed by atoms with Crippen LogP contribution < -0.4 is 14.7 Å². The van der Waals surface area contributed by atoms with Gasteiger partial charge in [0.15, 0.2) is 11.5 Å². The van der Waals surface area contributed by atoms with Crippen molar-refractivity contribution in [2.45, 2.75) is 78.1 Å². The van der Waals surface area contributed by atoms with Crippen molar-refractivity contribution in [1.29, 1.82) is 0 Å². The fourth-order valence-electron chi connectivity index (χ4n) is 3.90. The topological polar surface area (TPSA) is 18.5 Å². The van der Waals surface area contributed by atoms with Gasteiger partial charge in [0.2, 0.25) is 12.7 Å². The number of ether oxygens (including phenoxy) is 2. The monoisotopic (exact) mass is 370 g/mol. The van der Waals surface area contributed by atoms with E-state index in [2.05, 4.69) is 6.92 Å². The second kappa shape index (κ2) is 10.1. The lowest BCUT2D eigenvalue weighted by atomic mass is 9.81. The second-order valence-corrected chi connectivity index (χ2v) is 9.12. The van der Waals surface area contributed by atoms with E-state index in [-0.39, 0.29) is 0 Å². The Morgan fingerprint density at radius 3 is 2.28 bits per heavy atom. The number of hydrogen-bond acceptors (Lipinski definition) is 2. The van der Waals surface area contributed by atoms with Gasteiger partial charge in [0.25, 0.3) is 0 Å². The Labute approximate surface area is 153 Å². The number of para-hydroxylation sites is 1. The molecule has 0 aliphatic heterocycles. The summed E-state index contributed by atoms with van der Waals surface area (Å²) in [6.45, 7) is 4.93. The minimum absolute atomic E-state index is 0.316. The van der Waals surface area contributed by atoms with E-state index < -0.39 is 22.2 Å². The molecule has 0 spiro atoms. The third-order valence-electron chi connectivity index (χ3n) is 5.12. The Morgan fingerprint density at radius 2 is 1.68 bits per heavy atom. The van der Waals surface area contributed by atoms with E-state index in [1.807, 2.05) is 12.1 Å². The first kappa shape index (κ1) is 20.2. The molecule has 1 saturated carbocycles. The number of alkyl halides is 2. The molecule has 1 aromatic rings. The molecule has 0 aromatic heterocycles. The lowest BCUT2D eigenvalue weighted by Gasteiger charge is -2.28. The smallest absolute Gasteiger partial charge is 0.236 e. The largest absolute Gasteiger partial charge is 0.457 e. The van der Waals surface area contributed by atoms with E-state index in [9.17, 15) is 8.78 Å². The maximum atomic E-state index is 13.4. The van der Waals surface area contributed by atoms with Crippen LogP contribution in [0.15, 0.2) is 18.2 Å². The summed E-state index contributed by atoms with van der Waals surface area (Å²) in [6, 6.07) is 6.70. The molecule has 1 aliphatic carbocycles. The third-order valence-corrected chi connectivity index (χ3v) is 7.32. The highest BCUT2D eigenvalue weighted by Crippen LogP contribution is 2.34. The molecule has 25 heavy (non-hydrogen) atoms. The molecule has 0 N–H and O–H groups in total. The van der Waals surface area contributed by atoms with Gasteiger partial charge < -0.3 is 9.47 Å². The molecular formula is C20H32F2O2Si. The summed E-state index contributed by atoms with van der Waals surface area (Å²) in [5.74, 6) is 2.42. The molecule has 0 heterocycles. The van der Waals surface area contributed by atoms with Gasteiger partial charge in [-0.2, -0.15) is 0 Å². The van der Waals surface area contributed by atoms with Crippen molar-refractivity contribution >= 4 is 14.7 Å². The molecule has 1 fully saturated rings. The number of halogens is 2. The van der Waals surface area contributed by atoms with Crippen LogP contribution in [-0.4, -0.2) is 22.2 Å². The van der Waals surface area contributed by atoms with Gasteiger partial charge in [-0.1, -0.05) is 63.6 Å². The Kier molecular flexibility index (Phi) is 8.20.